The molecule has 1 heterocycles. The number of hydrogen-bond donors (Lipinski definition) is 2. The van der Waals surface area contributed by atoms with Crippen molar-refractivity contribution in [3.05, 3.63) is 23.5 Å². The molecule has 116 valence electrons. The topological polar surface area (TPSA) is 71.3 Å². The van der Waals surface area contributed by atoms with Crippen molar-refractivity contribution < 1.29 is 14.7 Å². The monoisotopic (exact) mass is 292 g/mol. The Morgan fingerprint density at radius 3 is 2.43 bits per heavy atom. The number of carbonyl (C=O) groups is 2. The highest BCUT2D eigenvalue weighted by molar-refractivity contribution is 5.93. The number of hydrogen-bond acceptors (Lipinski definition) is 2. The summed E-state index contributed by atoms with van der Waals surface area (Å²) in [5.41, 5.74) is 1.59. The summed E-state index contributed by atoms with van der Waals surface area (Å²) in [6, 6.07) is 3.40. The lowest BCUT2D eigenvalue weighted by molar-refractivity contribution is -0.143. The number of carboxylic acids is 1. The lowest BCUT2D eigenvalue weighted by Crippen LogP contribution is -2.44. The van der Waals surface area contributed by atoms with Crippen molar-refractivity contribution in [1.82, 2.24) is 9.88 Å². The van der Waals surface area contributed by atoms with Crippen molar-refractivity contribution >= 4 is 11.9 Å². The Morgan fingerprint density at radius 2 is 1.86 bits per heavy atom. The van der Waals surface area contributed by atoms with Crippen LogP contribution in [0.5, 0.6) is 0 Å². The van der Waals surface area contributed by atoms with E-state index in [-0.39, 0.29) is 11.9 Å². The van der Waals surface area contributed by atoms with Crippen LogP contribution in [0.25, 0.3) is 0 Å². The quantitative estimate of drug-likeness (QED) is 0.899. The van der Waals surface area contributed by atoms with Gasteiger partial charge in [-0.3, -0.25) is 9.59 Å². The second kappa shape index (κ2) is 6.78. The average Bonchev–Trinajstić information content (AvgIpc) is 2.73. The number of carbonyl (C=O) groups excluding carboxylic acids is 1. The van der Waals surface area contributed by atoms with Crippen LogP contribution in [-0.4, -0.2) is 27.6 Å². The maximum atomic E-state index is 12.4. The van der Waals surface area contributed by atoms with Crippen molar-refractivity contribution in [2.45, 2.75) is 51.5 Å². The second-order valence-corrected chi connectivity index (χ2v) is 5.94. The van der Waals surface area contributed by atoms with Crippen LogP contribution in [0.1, 0.15) is 54.7 Å². The molecule has 1 amide bonds. The molecule has 2 unspecified atom stereocenters. The first-order chi connectivity index (χ1) is 10.0. The number of aryl methyl sites for hydroxylation is 1. The van der Waals surface area contributed by atoms with E-state index in [0.717, 1.165) is 37.8 Å². The molecule has 1 aromatic heterocycles. The summed E-state index contributed by atoms with van der Waals surface area (Å²) in [5.74, 6) is -1.46. The number of aromatic nitrogens is 1. The van der Waals surface area contributed by atoms with Crippen LogP contribution in [0.2, 0.25) is 0 Å². The molecule has 1 aromatic rings. The highest BCUT2D eigenvalue weighted by atomic mass is 16.4. The average molecular weight is 292 g/mol. The van der Waals surface area contributed by atoms with Crippen LogP contribution in [0.3, 0.4) is 0 Å². The Hall–Kier alpha value is -1.78. The van der Waals surface area contributed by atoms with Gasteiger partial charge < -0.3 is 15.0 Å². The Kier molecular flexibility index (Phi) is 5.04. The third-order valence-electron chi connectivity index (χ3n) is 4.51. The molecule has 21 heavy (non-hydrogen) atoms. The van der Waals surface area contributed by atoms with Gasteiger partial charge in [0.15, 0.2) is 0 Å². The van der Waals surface area contributed by atoms with E-state index < -0.39 is 11.9 Å². The molecule has 0 spiro atoms. The molecule has 0 saturated heterocycles. The Labute approximate surface area is 125 Å². The maximum absolute atomic E-state index is 12.4. The van der Waals surface area contributed by atoms with E-state index in [9.17, 15) is 14.7 Å². The maximum Gasteiger partial charge on any atom is 0.308 e. The standard InChI is InChI=1S/C16H24N2O3/c1-11-9-10-14(18(11)2)15(19)17-13-8-6-4-3-5-7-12(13)16(20)21/h9-10,12-13H,3-8H2,1-2H3,(H,17,19)(H,20,21). The van der Waals surface area contributed by atoms with Crippen LogP contribution in [0.4, 0.5) is 0 Å². The minimum Gasteiger partial charge on any atom is -0.481 e. The predicted octanol–water partition coefficient (Wildman–Crippen LogP) is 2.49. The fourth-order valence-electron chi connectivity index (χ4n) is 3.04. The largest absolute Gasteiger partial charge is 0.481 e. The molecule has 2 atom stereocenters. The van der Waals surface area contributed by atoms with Crippen molar-refractivity contribution in [2.75, 3.05) is 0 Å². The summed E-state index contributed by atoms with van der Waals surface area (Å²) in [6.07, 6.45) is 5.48. The van der Waals surface area contributed by atoms with Crippen molar-refractivity contribution in [1.29, 1.82) is 0 Å². The summed E-state index contributed by atoms with van der Waals surface area (Å²) in [6.45, 7) is 1.94. The van der Waals surface area contributed by atoms with Gasteiger partial charge in [0.1, 0.15) is 5.69 Å². The summed E-state index contributed by atoms with van der Waals surface area (Å²) < 4.78 is 1.83. The molecule has 0 aromatic carbocycles. The normalized spacial score (nSPS) is 23.1. The lowest BCUT2D eigenvalue weighted by Gasteiger charge is -2.27. The van der Waals surface area contributed by atoms with E-state index in [0.29, 0.717) is 12.1 Å². The zero-order valence-corrected chi connectivity index (χ0v) is 12.8. The zero-order chi connectivity index (χ0) is 15.4. The third-order valence-corrected chi connectivity index (χ3v) is 4.51. The third kappa shape index (κ3) is 3.65. The van der Waals surface area contributed by atoms with Gasteiger partial charge in [0.05, 0.1) is 5.92 Å². The highest BCUT2D eigenvalue weighted by Crippen LogP contribution is 2.23. The number of carboxylic acid groups (broad SMARTS) is 1. The summed E-state index contributed by atoms with van der Waals surface area (Å²) in [4.78, 5) is 23.9. The molecule has 2 N–H and O–H groups in total. The summed E-state index contributed by atoms with van der Waals surface area (Å²) in [5, 5.41) is 12.4. The first-order valence-corrected chi connectivity index (χ1v) is 7.66. The smallest absolute Gasteiger partial charge is 0.308 e. The highest BCUT2D eigenvalue weighted by Gasteiger charge is 2.30. The van der Waals surface area contributed by atoms with Crippen LogP contribution in [-0.2, 0) is 11.8 Å². The van der Waals surface area contributed by atoms with E-state index >= 15 is 0 Å². The van der Waals surface area contributed by atoms with Gasteiger partial charge in [-0.2, -0.15) is 0 Å². The predicted molar refractivity (Wildman–Crippen MR) is 80.2 cm³/mol. The zero-order valence-electron chi connectivity index (χ0n) is 12.8. The van der Waals surface area contributed by atoms with Gasteiger partial charge >= 0.3 is 5.97 Å². The molecule has 1 fully saturated rings. The fourth-order valence-corrected chi connectivity index (χ4v) is 3.04. The molecule has 0 radical (unpaired) electrons. The van der Waals surface area contributed by atoms with E-state index in [1.54, 1.807) is 6.07 Å². The number of nitrogens with zero attached hydrogens (tertiary/aromatic N) is 1. The first kappa shape index (κ1) is 15.6. The van der Waals surface area contributed by atoms with Crippen LogP contribution >= 0.6 is 0 Å². The van der Waals surface area contributed by atoms with Gasteiger partial charge in [0.2, 0.25) is 0 Å². The molecule has 0 bridgehead atoms. The molecule has 5 heteroatoms. The van der Waals surface area contributed by atoms with Crippen molar-refractivity contribution in [3.8, 4) is 0 Å². The SMILES string of the molecule is Cc1ccc(C(=O)NC2CCCCCCC2C(=O)O)n1C. The van der Waals surface area contributed by atoms with E-state index in [1.807, 2.05) is 24.6 Å². The molecule has 2 rings (SSSR count). The van der Waals surface area contributed by atoms with Gasteiger partial charge in [-0.15, -0.1) is 0 Å². The number of aliphatic carboxylic acids is 1. The van der Waals surface area contributed by atoms with Crippen molar-refractivity contribution in [2.24, 2.45) is 13.0 Å². The van der Waals surface area contributed by atoms with E-state index in [1.165, 1.54) is 0 Å². The Bertz CT molecular complexity index is 522. The molecule has 1 aliphatic rings. The lowest BCUT2D eigenvalue weighted by atomic mass is 9.86. The molecule has 5 nitrogen and oxygen atoms in total. The molecular formula is C16H24N2O3. The van der Waals surface area contributed by atoms with Gasteiger partial charge in [-0.05, 0) is 31.9 Å². The molecule has 1 aliphatic carbocycles. The first-order valence-electron chi connectivity index (χ1n) is 7.66. The molecular weight excluding hydrogens is 268 g/mol. The molecule has 0 aliphatic heterocycles. The van der Waals surface area contributed by atoms with Gasteiger partial charge in [-0.1, -0.05) is 25.7 Å². The second-order valence-electron chi connectivity index (χ2n) is 5.94. The van der Waals surface area contributed by atoms with Gasteiger partial charge in [0.25, 0.3) is 5.91 Å². The van der Waals surface area contributed by atoms with E-state index in [4.69, 9.17) is 0 Å². The number of amides is 1. The van der Waals surface area contributed by atoms with Gasteiger partial charge in [-0.25, -0.2) is 0 Å². The number of nitrogens with one attached hydrogen (secondary N) is 1. The fraction of sp³-hybridized carbons (Fsp3) is 0.625. The Morgan fingerprint density at radius 1 is 1.19 bits per heavy atom. The van der Waals surface area contributed by atoms with Crippen molar-refractivity contribution in [3.63, 3.8) is 0 Å². The van der Waals surface area contributed by atoms with Crippen LogP contribution in [0.15, 0.2) is 12.1 Å². The number of rotatable bonds is 3. The van der Waals surface area contributed by atoms with Crippen LogP contribution in [0, 0.1) is 12.8 Å². The van der Waals surface area contributed by atoms with E-state index in [2.05, 4.69) is 5.32 Å². The van der Waals surface area contributed by atoms with Gasteiger partial charge in [0, 0.05) is 18.8 Å². The van der Waals surface area contributed by atoms with Crippen LogP contribution < -0.4 is 5.32 Å². The minimum atomic E-state index is -0.801. The minimum absolute atomic E-state index is 0.178. The summed E-state index contributed by atoms with van der Waals surface area (Å²) in [7, 11) is 1.84. The summed E-state index contributed by atoms with van der Waals surface area (Å²) >= 11 is 0. The Balaban J connectivity index is 2.11. The molecule has 1 saturated carbocycles.